The lowest BCUT2D eigenvalue weighted by Crippen LogP contribution is -2.34. The van der Waals surface area contributed by atoms with Crippen molar-refractivity contribution in [2.75, 3.05) is 6.61 Å². The first-order chi connectivity index (χ1) is 8.06. The Bertz CT molecular complexity index is 309. The molecule has 1 radical (unpaired) electrons. The van der Waals surface area contributed by atoms with E-state index in [0.717, 1.165) is 12.8 Å². The van der Waals surface area contributed by atoms with Gasteiger partial charge in [0.2, 0.25) is 0 Å². The predicted molar refractivity (Wildman–Crippen MR) is 68.9 cm³/mol. The average Bonchev–Trinajstić information content (AvgIpc) is 2.28. The highest BCUT2D eigenvalue weighted by atomic mass is 16.5. The van der Waals surface area contributed by atoms with Crippen LogP contribution in [0.25, 0.3) is 0 Å². The predicted octanol–water partition coefficient (Wildman–Crippen LogP) is 3.08. The van der Waals surface area contributed by atoms with Gasteiger partial charge in [-0.15, -0.1) is 0 Å². The second-order valence-electron chi connectivity index (χ2n) is 5.39. The van der Waals surface area contributed by atoms with Crippen LogP contribution in [0.3, 0.4) is 0 Å². The Hall–Kier alpha value is -0.970. The van der Waals surface area contributed by atoms with Crippen LogP contribution in [-0.2, 0) is 9.53 Å². The largest absolute Gasteiger partial charge is 0.452 e. The third-order valence-electron chi connectivity index (χ3n) is 3.74. The van der Waals surface area contributed by atoms with Crippen LogP contribution in [0.2, 0.25) is 0 Å². The standard InChI is InChI=1S/C15H23O2/c1-5-6-9-17-15(16)14-10-12(4)7-8-13(14)11(2)3/h11-14H,1,7-10H2,2-4H3/t12?,13?,14-/m0/s1. The maximum atomic E-state index is 12.0. The highest BCUT2D eigenvalue weighted by Gasteiger charge is 2.36. The third kappa shape index (κ3) is 4.07. The summed E-state index contributed by atoms with van der Waals surface area (Å²) in [6, 6.07) is 0. The van der Waals surface area contributed by atoms with Crippen LogP contribution >= 0.6 is 0 Å². The molecular weight excluding hydrogens is 212 g/mol. The summed E-state index contributed by atoms with van der Waals surface area (Å²) in [7, 11) is 0. The Morgan fingerprint density at radius 1 is 1.47 bits per heavy atom. The minimum absolute atomic E-state index is 0.0605. The van der Waals surface area contributed by atoms with E-state index in [1.54, 1.807) is 0 Å². The minimum atomic E-state index is -0.0713. The lowest BCUT2D eigenvalue weighted by Gasteiger charge is -2.35. The molecule has 0 aliphatic heterocycles. The molecule has 1 saturated carbocycles. The van der Waals surface area contributed by atoms with Crippen molar-refractivity contribution >= 4 is 5.97 Å². The quantitative estimate of drug-likeness (QED) is 0.555. The molecular formula is C15H23O2. The molecule has 0 heterocycles. The Kier molecular flexibility index (Phi) is 5.55. The van der Waals surface area contributed by atoms with Gasteiger partial charge in [-0.05, 0) is 30.6 Å². The molecule has 0 aromatic rings. The number of hydrogen-bond donors (Lipinski definition) is 0. The Morgan fingerprint density at radius 3 is 2.76 bits per heavy atom. The van der Waals surface area contributed by atoms with E-state index in [-0.39, 0.29) is 18.5 Å². The molecule has 0 aromatic carbocycles. The molecule has 1 aliphatic rings. The second kappa shape index (κ2) is 6.69. The van der Waals surface area contributed by atoms with E-state index in [1.165, 1.54) is 6.42 Å². The zero-order valence-corrected chi connectivity index (χ0v) is 11.2. The number of esters is 1. The molecule has 0 spiro atoms. The van der Waals surface area contributed by atoms with E-state index in [2.05, 4.69) is 39.5 Å². The van der Waals surface area contributed by atoms with Gasteiger partial charge in [-0.3, -0.25) is 4.79 Å². The third-order valence-corrected chi connectivity index (χ3v) is 3.74. The Balaban J connectivity index is 2.60. The maximum Gasteiger partial charge on any atom is 0.310 e. The molecule has 17 heavy (non-hydrogen) atoms. The van der Waals surface area contributed by atoms with Crippen LogP contribution in [0.1, 0.15) is 40.0 Å². The summed E-state index contributed by atoms with van der Waals surface area (Å²) < 4.78 is 5.20. The van der Waals surface area contributed by atoms with E-state index < -0.39 is 0 Å². The topological polar surface area (TPSA) is 26.3 Å². The first-order valence-electron chi connectivity index (χ1n) is 6.47. The molecule has 95 valence electrons. The van der Waals surface area contributed by atoms with Crippen molar-refractivity contribution in [3.8, 4) is 11.8 Å². The maximum absolute atomic E-state index is 12.0. The van der Waals surface area contributed by atoms with Gasteiger partial charge in [0.1, 0.15) is 0 Å². The Labute approximate surface area is 105 Å². The number of carbonyl (C=O) groups excluding carboxylic acids is 1. The van der Waals surface area contributed by atoms with Crippen LogP contribution < -0.4 is 0 Å². The van der Waals surface area contributed by atoms with Gasteiger partial charge in [-0.25, -0.2) is 0 Å². The molecule has 0 amide bonds. The summed E-state index contributed by atoms with van der Waals surface area (Å²) in [6.07, 6.45) is 3.32. The zero-order chi connectivity index (χ0) is 12.8. The average molecular weight is 235 g/mol. The van der Waals surface area contributed by atoms with Crippen LogP contribution in [0.4, 0.5) is 0 Å². The monoisotopic (exact) mass is 235 g/mol. The normalized spacial score (nSPS) is 28.4. The van der Waals surface area contributed by atoms with Gasteiger partial charge in [0, 0.05) is 6.92 Å². The number of ether oxygens (including phenoxy) is 1. The molecule has 0 N–H and O–H groups in total. The summed E-state index contributed by atoms with van der Waals surface area (Å²) in [6.45, 7) is 10.2. The zero-order valence-electron chi connectivity index (χ0n) is 11.2. The first-order valence-corrected chi connectivity index (χ1v) is 6.47. The molecule has 0 aromatic heterocycles. The van der Waals surface area contributed by atoms with Crippen molar-refractivity contribution < 1.29 is 9.53 Å². The summed E-state index contributed by atoms with van der Waals surface area (Å²) in [5.41, 5.74) is 0. The van der Waals surface area contributed by atoms with Crippen molar-refractivity contribution in [3.63, 3.8) is 0 Å². The number of rotatable bonds is 3. The number of carbonyl (C=O) groups is 1. The lowest BCUT2D eigenvalue weighted by atomic mass is 9.70. The van der Waals surface area contributed by atoms with Gasteiger partial charge in [-0.1, -0.05) is 39.0 Å². The fourth-order valence-electron chi connectivity index (χ4n) is 2.74. The molecule has 3 atom stereocenters. The fraction of sp³-hybridized carbons (Fsp3) is 0.733. The molecule has 0 bridgehead atoms. The summed E-state index contributed by atoms with van der Waals surface area (Å²) in [5, 5.41) is 0. The molecule has 1 fully saturated rings. The van der Waals surface area contributed by atoms with E-state index in [9.17, 15) is 4.79 Å². The van der Waals surface area contributed by atoms with Crippen molar-refractivity contribution in [2.24, 2.45) is 23.7 Å². The van der Waals surface area contributed by atoms with Gasteiger partial charge in [0.25, 0.3) is 0 Å². The van der Waals surface area contributed by atoms with Crippen LogP contribution in [0, 0.1) is 42.4 Å². The van der Waals surface area contributed by atoms with Crippen LogP contribution in [0.15, 0.2) is 0 Å². The lowest BCUT2D eigenvalue weighted by molar-refractivity contribution is -0.151. The van der Waals surface area contributed by atoms with Gasteiger partial charge in [0.05, 0.1) is 5.92 Å². The summed E-state index contributed by atoms with van der Waals surface area (Å²) >= 11 is 0. The SMILES string of the molecule is [CH2]C#CCOC(=O)[C@H]1CC(C)CCC1C(C)C. The van der Waals surface area contributed by atoms with Crippen molar-refractivity contribution in [1.29, 1.82) is 0 Å². The van der Waals surface area contributed by atoms with E-state index in [4.69, 9.17) is 4.74 Å². The van der Waals surface area contributed by atoms with Gasteiger partial charge in [-0.2, -0.15) is 0 Å². The van der Waals surface area contributed by atoms with Crippen LogP contribution in [-0.4, -0.2) is 12.6 Å². The summed E-state index contributed by atoms with van der Waals surface area (Å²) in [4.78, 5) is 12.0. The van der Waals surface area contributed by atoms with E-state index in [0.29, 0.717) is 17.8 Å². The van der Waals surface area contributed by atoms with Gasteiger partial charge < -0.3 is 4.74 Å². The highest BCUT2D eigenvalue weighted by Crippen LogP contribution is 2.38. The number of hydrogen-bond acceptors (Lipinski definition) is 2. The van der Waals surface area contributed by atoms with E-state index >= 15 is 0 Å². The molecule has 1 aliphatic carbocycles. The molecule has 2 nitrogen and oxygen atoms in total. The molecule has 1 rings (SSSR count). The van der Waals surface area contributed by atoms with Crippen molar-refractivity contribution in [2.45, 2.75) is 40.0 Å². The first kappa shape index (κ1) is 14.1. The molecule has 2 unspecified atom stereocenters. The molecule has 0 saturated heterocycles. The second-order valence-corrected chi connectivity index (χ2v) is 5.39. The summed E-state index contributed by atoms with van der Waals surface area (Å²) in [5.74, 6) is 6.78. The van der Waals surface area contributed by atoms with Crippen LogP contribution in [0.5, 0.6) is 0 Å². The fourth-order valence-corrected chi connectivity index (χ4v) is 2.74. The van der Waals surface area contributed by atoms with Crippen molar-refractivity contribution in [3.05, 3.63) is 6.92 Å². The van der Waals surface area contributed by atoms with Crippen molar-refractivity contribution in [1.82, 2.24) is 0 Å². The van der Waals surface area contributed by atoms with Gasteiger partial charge >= 0.3 is 5.97 Å². The Morgan fingerprint density at radius 2 is 2.18 bits per heavy atom. The smallest absolute Gasteiger partial charge is 0.310 e. The highest BCUT2D eigenvalue weighted by molar-refractivity contribution is 5.73. The van der Waals surface area contributed by atoms with Gasteiger partial charge in [0.15, 0.2) is 6.61 Å². The van der Waals surface area contributed by atoms with E-state index in [1.807, 2.05) is 0 Å². The minimum Gasteiger partial charge on any atom is -0.452 e. The molecule has 2 heteroatoms.